The summed E-state index contributed by atoms with van der Waals surface area (Å²) < 4.78 is 10.3. The summed E-state index contributed by atoms with van der Waals surface area (Å²) in [4.78, 5) is 23.6. The highest BCUT2D eigenvalue weighted by atomic mass is 16.7. The number of ether oxygens (including phenoxy) is 2. The smallest absolute Gasteiger partial charge is 0.428 e. The van der Waals surface area contributed by atoms with Crippen molar-refractivity contribution in [2.24, 2.45) is 0 Å². The summed E-state index contributed by atoms with van der Waals surface area (Å²) in [7, 11) is 0. The number of carbonyl (C=O) groups is 2. The molecule has 5 nitrogen and oxygen atoms in total. The Hall–Kier alpha value is -2.14. The van der Waals surface area contributed by atoms with E-state index in [1.807, 2.05) is 0 Å². The van der Waals surface area contributed by atoms with Gasteiger partial charge in [0.15, 0.2) is 5.78 Å². The van der Waals surface area contributed by atoms with E-state index in [1.165, 1.54) is 6.08 Å². The highest BCUT2D eigenvalue weighted by Crippen LogP contribution is 2.21. The van der Waals surface area contributed by atoms with E-state index in [1.54, 1.807) is 51.1 Å². The van der Waals surface area contributed by atoms with Crippen LogP contribution in [0.2, 0.25) is 0 Å². The molecule has 0 aliphatic rings. The van der Waals surface area contributed by atoms with Crippen LogP contribution >= 0.6 is 0 Å². The van der Waals surface area contributed by atoms with Crippen LogP contribution < -0.4 is 4.74 Å². The maximum Gasteiger partial charge on any atom is 0.514 e. The Morgan fingerprint density at radius 2 is 1.83 bits per heavy atom. The van der Waals surface area contributed by atoms with Crippen molar-refractivity contribution in [2.45, 2.75) is 52.1 Å². The van der Waals surface area contributed by atoms with Crippen molar-refractivity contribution >= 4 is 18.0 Å². The van der Waals surface area contributed by atoms with Gasteiger partial charge < -0.3 is 14.6 Å². The third-order valence-electron chi connectivity index (χ3n) is 3.03. The first kappa shape index (κ1) is 19.9. The molecule has 0 bridgehead atoms. The molecule has 0 saturated carbocycles. The van der Waals surface area contributed by atoms with Crippen molar-refractivity contribution in [2.75, 3.05) is 6.61 Å². The van der Waals surface area contributed by atoms with Crippen molar-refractivity contribution in [1.82, 2.24) is 0 Å². The Morgan fingerprint density at radius 3 is 2.50 bits per heavy atom. The monoisotopic (exact) mass is 334 g/mol. The predicted octanol–water partition coefficient (Wildman–Crippen LogP) is 4.14. The average Bonchev–Trinajstić information content (AvgIpc) is 2.49. The quantitative estimate of drug-likeness (QED) is 0.335. The van der Waals surface area contributed by atoms with E-state index in [0.717, 1.165) is 12.8 Å². The number of hydrogen-bond donors (Lipinski definition) is 1. The number of ketones is 1. The average molecular weight is 334 g/mol. The van der Waals surface area contributed by atoms with Gasteiger partial charge >= 0.3 is 6.16 Å². The van der Waals surface area contributed by atoms with Gasteiger partial charge in [-0.15, -0.1) is 0 Å². The lowest BCUT2D eigenvalue weighted by atomic mass is 10.1. The molecule has 0 aliphatic heterocycles. The molecule has 1 N–H and O–H groups in total. The fourth-order valence-corrected chi connectivity index (χ4v) is 1.93. The first-order valence-corrected chi connectivity index (χ1v) is 8.13. The van der Waals surface area contributed by atoms with Gasteiger partial charge in [-0.2, -0.15) is 0 Å². The largest absolute Gasteiger partial charge is 0.514 e. The minimum Gasteiger partial charge on any atom is -0.428 e. The highest BCUT2D eigenvalue weighted by Gasteiger charge is 2.18. The number of unbranched alkanes of at least 4 members (excludes halogenated alkanes) is 2. The Labute approximate surface area is 143 Å². The molecule has 0 unspecified atom stereocenters. The summed E-state index contributed by atoms with van der Waals surface area (Å²) in [6.07, 6.45) is 5.06. The normalized spacial score (nSPS) is 11.5. The highest BCUT2D eigenvalue weighted by molar-refractivity contribution is 5.93. The molecule has 0 spiro atoms. The first-order chi connectivity index (χ1) is 11.3. The number of benzene rings is 1. The Morgan fingerprint density at radius 1 is 1.12 bits per heavy atom. The zero-order valence-electron chi connectivity index (χ0n) is 14.6. The van der Waals surface area contributed by atoms with Crippen LogP contribution in [0.1, 0.15) is 52.0 Å². The number of allylic oxidation sites excluding steroid dienone is 1. The fraction of sp³-hybridized carbons (Fsp3) is 0.474. The molecule has 0 amide bonds. The minimum atomic E-state index is -0.779. The van der Waals surface area contributed by atoms with E-state index in [0.29, 0.717) is 24.2 Å². The zero-order chi connectivity index (χ0) is 18.0. The van der Waals surface area contributed by atoms with Crippen molar-refractivity contribution in [3.05, 3.63) is 35.9 Å². The summed E-state index contributed by atoms with van der Waals surface area (Å²) in [6, 6.07) is 6.95. The Bertz CT molecular complexity index is 569. The topological polar surface area (TPSA) is 72.8 Å². The second-order valence-electron chi connectivity index (χ2n) is 6.44. The molecule has 0 fully saturated rings. The number of aliphatic hydroxyl groups is 1. The second kappa shape index (κ2) is 9.88. The van der Waals surface area contributed by atoms with Crippen molar-refractivity contribution in [3.63, 3.8) is 0 Å². The van der Waals surface area contributed by atoms with Crippen molar-refractivity contribution in [1.29, 1.82) is 0 Å². The molecule has 0 saturated heterocycles. The molecule has 1 rings (SSSR count). The van der Waals surface area contributed by atoms with Crippen molar-refractivity contribution in [3.8, 4) is 5.75 Å². The lowest BCUT2D eigenvalue weighted by Crippen LogP contribution is -2.26. The molecule has 0 aliphatic carbocycles. The Kier molecular flexibility index (Phi) is 8.19. The summed E-state index contributed by atoms with van der Waals surface area (Å²) in [5.74, 6) is 0.344. The van der Waals surface area contributed by atoms with E-state index in [4.69, 9.17) is 14.6 Å². The minimum absolute atomic E-state index is 0.0000101. The summed E-state index contributed by atoms with van der Waals surface area (Å²) in [5.41, 5.74) is -0.000995. The van der Waals surface area contributed by atoms with Crippen LogP contribution in [0, 0.1) is 0 Å². The van der Waals surface area contributed by atoms with Crippen LogP contribution in [0.5, 0.6) is 5.75 Å². The van der Waals surface area contributed by atoms with Crippen LogP contribution in [-0.2, 0) is 9.53 Å². The lowest BCUT2D eigenvalue weighted by Gasteiger charge is -2.19. The third kappa shape index (κ3) is 8.48. The maximum absolute atomic E-state index is 11.8. The van der Waals surface area contributed by atoms with E-state index in [2.05, 4.69) is 0 Å². The lowest BCUT2D eigenvalue weighted by molar-refractivity contribution is -0.114. The van der Waals surface area contributed by atoms with Gasteiger partial charge in [0.25, 0.3) is 0 Å². The van der Waals surface area contributed by atoms with Crippen LogP contribution in [0.3, 0.4) is 0 Å². The van der Waals surface area contributed by atoms with Crippen LogP contribution in [0.25, 0.3) is 6.08 Å². The van der Waals surface area contributed by atoms with Gasteiger partial charge in [0.1, 0.15) is 11.4 Å². The molecular formula is C19H26O5. The Balaban J connectivity index is 2.64. The molecule has 1 aromatic carbocycles. The molecule has 0 atom stereocenters. The molecule has 0 aromatic heterocycles. The number of rotatable bonds is 8. The molecular weight excluding hydrogens is 308 g/mol. The summed E-state index contributed by atoms with van der Waals surface area (Å²) >= 11 is 0. The summed E-state index contributed by atoms with van der Waals surface area (Å²) in [5, 5.41) is 8.71. The molecule has 132 valence electrons. The van der Waals surface area contributed by atoms with Crippen molar-refractivity contribution < 1.29 is 24.2 Å². The zero-order valence-corrected chi connectivity index (χ0v) is 14.6. The number of hydrogen-bond acceptors (Lipinski definition) is 5. The van der Waals surface area contributed by atoms with Gasteiger partial charge in [0.2, 0.25) is 0 Å². The SMILES string of the molecule is CC(C)(C)OC(=O)Oc1ccccc1/C=C/C(=O)CCCCCO. The van der Waals surface area contributed by atoms with E-state index in [9.17, 15) is 9.59 Å². The van der Waals surface area contributed by atoms with Gasteiger partial charge in [-0.3, -0.25) is 4.79 Å². The van der Waals surface area contributed by atoms with Gasteiger partial charge in [0.05, 0.1) is 0 Å². The molecule has 0 radical (unpaired) electrons. The van der Waals surface area contributed by atoms with Crippen LogP contribution in [0.15, 0.2) is 30.3 Å². The number of para-hydroxylation sites is 1. The van der Waals surface area contributed by atoms with Gasteiger partial charge in [-0.05, 0) is 51.8 Å². The third-order valence-corrected chi connectivity index (χ3v) is 3.03. The van der Waals surface area contributed by atoms with Crippen LogP contribution in [-0.4, -0.2) is 29.3 Å². The van der Waals surface area contributed by atoms with Crippen LogP contribution in [0.4, 0.5) is 4.79 Å². The number of aliphatic hydroxyl groups excluding tert-OH is 1. The predicted molar refractivity (Wildman–Crippen MR) is 92.9 cm³/mol. The molecule has 0 heterocycles. The molecule has 1 aromatic rings. The standard InChI is InChI=1S/C19H26O5/c1-19(2,3)24-18(22)23-17-11-7-6-9-15(17)12-13-16(21)10-5-4-8-14-20/h6-7,9,11-13,20H,4-5,8,10,14H2,1-3H3/b13-12+. The number of carbonyl (C=O) groups excluding carboxylic acids is 2. The van der Waals surface area contributed by atoms with Gasteiger partial charge in [-0.1, -0.05) is 24.6 Å². The molecule has 24 heavy (non-hydrogen) atoms. The fourth-order valence-electron chi connectivity index (χ4n) is 1.93. The van der Waals surface area contributed by atoms with Gasteiger partial charge in [0, 0.05) is 18.6 Å². The van der Waals surface area contributed by atoms with E-state index < -0.39 is 11.8 Å². The maximum atomic E-state index is 11.8. The van der Waals surface area contributed by atoms with E-state index in [-0.39, 0.29) is 12.4 Å². The van der Waals surface area contributed by atoms with E-state index >= 15 is 0 Å². The molecule has 5 heteroatoms. The second-order valence-corrected chi connectivity index (χ2v) is 6.44. The first-order valence-electron chi connectivity index (χ1n) is 8.13. The van der Waals surface area contributed by atoms with Gasteiger partial charge in [-0.25, -0.2) is 4.79 Å². The summed E-state index contributed by atoms with van der Waals surface area (Å²) in [6.45, 7) is 5.43.